The van der Waals surface area contributed by atoms with Gasteiger partial charge < -0.3 is 11.1 Å². The fraction of sp³-hybridized carbons (Fsp3) is 0.538. The number of anilines is 1. The number of rotatable bonds is 8. The van der Waals surface area contributed by atoms with Crippen LogP contribution in [0.2, 0.25) is 0 Å². The zero-order valence-electron chi connectivity index (χ0n) is 12.3. The first-order chi connectivity index (χ1) is 9.88. The third kappa shape index (κ3) is 6.09. The number of amides is 1. The zero-order valence-corrected chi connectivity index (χ0v) is 13.2. The van der Waals surface area contributed by atoms with E-state index in [1.165, 1.54) is 6.07 Å². The standard InChI is InChI=1S/C13H22N4O3S/c1-3-5-11-8-10(9-12(14)17-11)13(18)15-6-7-21(19,20)16-4-2/h8-9,16H,3-7H2,1-2H3,(H2,14,17)(H,15,18). The molecule has 0 saturated carbocycles. The molecule has 1 aromatic heterocycles. The SMILES string of the molecule is CCCc1cc(C(=O)NCCS(=O)(=O)NCC)cc(N)n1. The molecule has 8 heteroatoms. The summed E-state index contributed by atoms with van der Waals surface area (Å²) >= 11 is 0. The van der Waals surface area contributed by atoms with Crippen LogP contribution in [-0.2, 0) is 16.4 Å². The molecule has 1 heterocycles. The number of carbonyl (C=O) groups is 1. The van der Waals surface area contributed by atoms with Crippen LogP contribution in [0.15, 0.2) is 12.1 Å². The number of hydrogen-bond donors (Lipinski definition) is 3. The Labute approximate surface area is 125 Å². The predicted octanol–water partition coefficient (Wildman–Crippen LogP) is 0.285. The summed E-state index contributed by atoms with van der Waals surface area (Å²) in [7, 11) is -3.34. The highest BCUT2D eigenvalue weighted by Crippen LogP contribution is 2.09. The van der Waals surface area contributed by atoms with Crippen LogP contribution in [0.3, 0.4) is 0 Å². The Balaban J connectivity index is 2.64. The van der Waals surface area contributed by atoms with Gasteiger partial charge in [0, 0.05) is 24.3 Å². The summed E-state index contributed by atoms with van der Waals surface area (Å²) in [6.45, 7) is 4.08. The second-order valence-corrected chi connectivity index (χ2v) is 6.52. The van der Waals surface area contributed by atoms with Gasteiger partial charge in [-0.3, -0.25) is 4.79 Å². The molecular formula is C13H22N4O3S. The summed E-state index contributed by atoms with van der Waals surface area (Å²) in [4.78, 5) is 16.1. The maximum absolute atomic E-state index is 12.0. The lowest BCUT2D eigenvalue weighted by Gasteiger charge is -2.08. The third-order valence-electron chi connectivity index (χ3n) is 2.69. The van der Waals surface area contributed by atoms with Gasteiger partial charge in [0.2, 0.25) is 10.0 Å². The highest BCUT2D eigenvalue weighted by Gasteiger charge is 2.12. The molecule has 0 atom stereocenters. The minimum absolute atomic E-state index is 0.0412. The Kier molecular flexibility index (Phi) is 6.57. The number of nitrogens with zero attached hydrogens (tertiary/aromatic N) is 1. The van der Waals surface area contributed by atoms with Crippen molar-refractivity contribution in [3.63, 3.8) is 0 Å². The molecule has 0 aliphatic carbocycles. The summed E-state index contributed by atoms with van der Waals surface area (Å²) in [5.74, 6) is -0.228. The first kappa shape index (κ1) is 17.4. The average molecular weight is 314 g/mol. The molecule has 0 aliphatic heterocycles. The molecule has 4 N–H and O–H groups in total. The summed E-state index contributed by atoms with van der Waals surface area (Å²) in [5.41, 5.74) is 6.82. The zero-order chi connectivity index (χ0) is 15.9. The van der Waals surface area contributed by atoms with Crippen molar-refractivity contribution in [2.24, 2.45) is 0 Å². The number of nitrogens with one attached hydrogen (secondary N) is 2. The van der Waals surface area contributed by atoms with Crippen LogP contribution in [0.4, 0.5) is 5.82 Å². The second kappa shape index (κ2) is 7.94. The smallest absolute Gasteiger partial charge is 0.251 e. The van der Waals surface area contributed by atoms with Crippen molar-refractivity contribution in [1.82, 2.24) is 15.0 Å². The molecule has 0 aromatic carbocycles. The highest BCUT2D eigenvalue weighted by molar-refractivity contribution is 7.89. The Bertz CT molecular complexity index is 587. The van der Waals surface area contributed by atoms with E-state index in [1.54, 1.807) is 13.0 Å². The highest BCUT2D eigenvalue weighted by atomic mass is 32.2. The van der Waals surface area contributed by atoms with Gasteiger partial charge in [0.1, 0.15) is 5.82 Å². The van der Waals surface area contributed by atoms with Gasteiger partial charge in [-0.1, -0.05) is 20.3 Å². The van der Waals surface area contributed by atoms with Crippen LogP contribution >= 0.6 is 0 Å². The number of aryl methyl sites for hydroxylation is 1. The quantitative estimate of drug-likeness (QED) is 0.638. The van der Waals surface area contributed by atoms with Gasteiger partial charge in [0.25, 0.3) is 5.91 Å². The maximum atomic E-state index is 12.0. The maximum Gasteiger partial charge on any atom is 0.251 e. The van der Waals surface area contributed by atoms with E-state index in [1.807, 2.05) is 6.92 Å². The number of carbonyl (C=O) groups excluding carboxylic acids is 1. The molecule has 1 amide bonds. The predicted molar refractivity (Wildman–Crippen MR) is 82.4 cm³/mol. The Morgan fingerprint density at radius 2 is 2.05 bits per heavy atom. The molecule has 7 nitrogen and oxygen atoms in total. The van der Waals surface area contributed by atoms with Crippen molar-refractivity contribution in [2.75, 3.05) is 24.6 Å². The van der Waals surface area contributed by atoms with Crippen molar-refractivity contribution < 1.29 is 13.2 Å². The summed E-state index contributed by atoms with van der Waals surface area (Å²) in [5, 5.41) is 2.57. The lowest BCUT2D eigenvalue weighted by molar-refractivity contribution is 0.0956. The van der Waals surface area contributed by atoms with E-state index in [0.717, 1.165) is 18.5 Å². The van der Waals surface area contributed by atoms with Gasteiger partial charge in [-0.2, -0.15) is 0 Å². The number of pyridine rings is 1. The third-order valence-corrected chi connectivity index (χ3v) is 4.16. The van der Waals surface area contributed by atoms with Gasteiger partial charge in [-0.15, -0.1) is 0 Å². The molecule has 1 rings (SSSR count). The van der Waals surface area contributed by atoms with E-state index in [-0.39, 0.29) is 24.0 Å². The molecule has 0 fully saturated rings. The lowest BCUT2D eigenvalue weighted by atomic mass is 10.1. The molecule has 0 saturated heterocycles. The van der Waals surface area contributed by atoms with Gasteiger partial charge in [-0.05, 0) is 18.6 Å². The fourth-order valence-corrected chi connectivity index (χ4v) is 2.77. The molecule has 0 aliphatic rings. The van der Waals surface area contributed by atoms with Gasteiger partial charge in [-0.25, -0.2) is 18.1 Å². The van der Waals surface area contributed by atoms with Crippen LogP contribution in [-0.4, -0.2) is 38.2 Å². The molecule has 0 bridgehead atoms. The lowest BCUT2D eigenvalue weighted by Crippen LogP contribution is -2.34. The molecule has 118 valence electrons. The van der Waals surface area contributed by atoms with Crippen LogP contribution < -0.4 is 15.8 Å². The number of hydrogen-bond acceptors (Lipinski definition) is 5. The molecule has 21 heavy (non-hydrogen) atoms. The molecule has 0 spiro atoms. The number of nitrogens with two attached hydrogens (primary N) is 1. The van der Waals surface area contributed by atoms with Crippen molar-refractivity contribution in [3.05, 3.63) is 23.4 Å². The van der Waals surface area contributed by atoms with E-state index in [9.17, 15) is 13.2 Å². The van der Waals surface area contributed by atoms with Gasteiger partial charge in [0.05, 0.1) is 5.75 Å². The molecule has 1 aromatic rings. The van der Waals surface area contributed by atoms with Crippen LogP contribution in [0, 0.1) is 0 Å². The molecular weight excluding hydrogens is 292 g/mol. The molecule has 0 radical (unpaired) electrons. The van der Waals surface area contributed by atoms with Gasteiger partial charge >= 0.3 is 0 Å². The minimum atomic E-state index is -3.34. The first-order valence-corrected chi connectivity index (χ1v) is 8.55. The fourth-order valence-electron chi connectivity index (χ4n) is 1.82. The van der Waals surface area contributed by atoms with Crippen LogP contribution in [0.25, 0.3) is 0 Å². The largest absolute Gasteiger partial charge is 0.384 e. The van der Waals surface area contributed by atoms with Crippen molar-refractivity contribution in [2.45, 2.75) is 26.7 Å². The van der Waals surface area contributed by atoms with Gasteiger partial charge in [0.15, 0.2) is 0 Å². The number of aromatic nitrogens is 1. The normalized spacial score (nSPS) is 11.3. The topological polar surface area (TPSA) is 114 Å². The van der Waals surface area contributed by atoms with Crippen LogP contribution in [0.1, 0.15) is 36.3 Å². The van der Waals surface area contributed by atoms with Crippen LogP contribution in [0.5, 0.6) is 0 Å². The number of nitrogen functional groups attached to an aromatic ring is 1. The Morgan fingerprint density at radius 1 is 1.33 bits per heavy atom. The summed E-state index contributed by atoms with van der Waals surface area (Å²) in [6, 6.07) is 3.15. The molecule has 0 unspecified atom stereocenters. The first-order valence-electron chi connectivity index (χ1n) is 6.90. The van der Waals surface area contributed by atoms with Crippen molar-refractivity contribution >= 4 is 21.7 Å². The monoisotopic (exact) mass is 314 g/mol. The van der Waals surface area contributed by atoms with E-state index in [4.69, 9.17) is 5.73 Å². The second-order valence-electron chi connectivity index (χ2n) is 4.59. The van der Waals surface area contributed by atoms with E-state index < -0.39 is 10.0 Å². The summed E-state index contributed by atoms with van der Waals surface area (Å²) in [6.07, 6.45) is 1.64. The van der Waals surface area contributed by atoms with E-state index in [0.29, 0.717) is 12.1 Å². The minimum Gasteiger partial charge on any atom is -0.384 e. The number of sulfonamides is 1. The Morgan fingerprint density at radius 3 is 2.67 bits per heavy atom. The Hall–Kier alpha value is -1.67. The van der Waals surface area contributed by atoms with Crippen molar-refractivity contribution in [3.8, 4) is 0 Å². The van der Waals surface area contributed by atoms with E-state index >= 15 is 0 Å². The van der Waals surface area contributed by atoms with E-state index in [2.05, 4.69) is 15.0 Å². The summed E-state index contributed by atoms with van der Waals surface area (Å²) < 4.78 is 25.3. The van der Waals surface area contributed by atoms with Crippen molar-refractivity contribution in [1.29, 1.82) is 0 Å². The average Bonchev–Trinajstić information content (AvgIpc) is 2.38.